The predicted molar refractivity (Wildman–Crippen MR) is 72.2 cm³/mol. The molecule has 0 fully saturated rings. The number of nitrogens with one attached hydrogen (secondary N) is 1. The molecule has 1 aliphatic heterocycles. The third kappa shape index (κ3) is 2.81. The first-order chi connectivity index (χ1) is 10.2. The number of rotatable bonds is 4. The fourth-order valence-electron chi connectivity index (χ4n) is 1.86. The Bertz CT molecular complexity index is 712. The first kappa shape index (κ1) is 13.0. The highest BCUT2D eigenvalue weighted by Gasteiger charge is 2.24. The van der Waals surface area contributed by atoms with Crippen LogP contribution in [0.4, 0.5) is 0 Å². The van der Waals surface area contributed by atoms with Gasteiger partial charge in [0.2, 0.25) is 11.7 Å². The summed E-state index contributed by atoms with van der Waals surface area (Å²) in [6.45, 7) is 0.157. The molecule has 0 spiro atoms. The van der Waals surface area contributed by atoms with E-state index in [-0.39, 0.29) is 6.54 Å². The maximum absolute atomic E-state index is 11.9. The number of allylic oxidation sites excluding steroid dienone is 1. The molecule has 3 rings (SSSR count). The van der Waals surface area contributed by atoms with E-state index in [9.17, 15) is 9.59 Å². The van der Waals surface area contributed by atoms with Gasteiger partial charge in [-0.25, -0.2) is 4.99 Å². The van der Waals surface area contributed by atoms with Crippen molar-refractivity contribution in [2.75, 3.05) is 0 Å². The van der Waals surface area contributed by atoms with Crippen LogP contribution in [0.5, 0.6) is 0 Å². The van der Waals surface area contributed by atoms with Crippen molar-refractivity contribution in [1.82, 2.24) is 10.5 Å². The first-order valence-electron chi connectivity index (χ1n) is 6.26. The van der Waals surface area contributed by atoms with Crippen molar-refractivity contribution in [1.29, 1.82) is 0 Å². The van der Waals surface area contributed by atoms with Gasteiger partial charge in [0.15, 0.2) is 5.76 Å². The number of aromatic nitrogens is 1. The lowest BCUT2D eigenvalue weighted by Gasteiger charge is -2.10. The van der Waals surface area contributed by atoms with E-state index in [1.165, 1.54) is 18.6 Å². The Hall–Kier alpha value is -2.96. The van der Waals surface area contributed by atoms with Gasteiger partial charge in [-0.3, -0.25) is 9.59 Å². The summed E-state index contributed by atoms with van der Waals surface area (Å²) in [4.78, 5) is 26.9. The molecule has 0 aromatic carbocycles. The lowest BCUT2D eigenvalue weighted by molar-refractivity contribution is -0.131. The quantitative estimate of drug-likeness (QED) is 0.855. The van der Waals surface area contributed by atoms with Crippen molar-refractivity contribution in [3.05, 3.63) is 42.3 Å². The lowest BCUT2D eigenvalue weighted by Crippen LogP contribution is -2.34. The molecule has 3 heterocycles. The number of hydrogen-bond donors (Lipinski definition) is 1. The van der Waals surface area contributed by atoms with Crippen LogP contribution in [0.2, 0.25) is 0 Å². The van der Waals surface area contributed by atoms with E-state index in [0.29, 0.717) is 17.2 Å². The molecule has 2 aromatic rings. The van der Waals surface area contributed by atoms with E-state index in [2.05, 4.69) is 15.5 Å². The predicted octanol–water partition coefficient (Wildman–Crippen LogP) is 1.33. The van der Waals surface area contributed by atoms with Crippen LogP contribution in [0.1, 0.15) is 5.69 Å². The molecule has 0 saturated heterocycles. The highest BCUT2D eigenvalue weighted by atomic mass is 16.5. The molecule has 1 aliphatic rings. The summed E-state index contributed by atoms with van der Waals surface area (Å²) in [7, 11) is 0. The van der Waals surface area contributed by atoms with Gasteiger partial charge in [0.1, 0.15) is 11.6 Å². The fourth-order valence-corrected chi connectivity index (χ4v) is 1.86. The summed E-state index contributed by atoms with van der Waals surface area (Å²) >= 11 is 0. The highest BCUT2D eigenvalue weighted by molar-refractivity contribution is 6.07. The Morgan fingerprint density at radius 2 is 2.29 bits per heavy atom. The Balaban J connectivity index is 1.60. The molecular weight excluding hydrogens is 274 g/mol. The SMILES string of the molecule is O=C1N=CC=CC1C(=O)NCc1cc(-c2ccco2)on1. The second-order valence-electron chi connectivity index (χ2n) is 4.36. The van der Waals surface area contributed by atoms with E-state index < -0.39 is 17.7 Å². The van der Waals surface area contributed by atoms with Gasteiger partial charge in [0, 0.05) is 12.3 Å². The van der Waals surface area contributed by atoms with Gasteiger partial charge in [-0.05, 0) is 18.2 Å². The maximum atomic E-state index is 11.9. The number of carbonyl (C=O) groups excluding carboxylic acids is 2. The summed E-state index contributed by atoms with van der Waals surface area (Å²) in [5.74, 6) is -0.754. The molecule has 0 saturated carbocycles. The molecule has 7 heteroatoms. The van der Waals surface area contributed by atoms with Crippen LogP contribution in [0.3, 0.4) is 0 Å². The molecule has 1 atom stereocenters. The molecule has 7 nitrogen and oxygen atoms in total. The van der Waals surface area contributed by atoms with E-state index in [1.807, 2.05) is 0 Å². The monoisotopic (exact) mass is 285 g/mol. The maximum Gasteiger partial charge on any atom is 0.262 e. The number of amides is 2. The number of furan rings is 1. The molecule has 1 unspecified atom stereocenters. The highest BCUT2D eigenvalue weighted by Crippen LogP contribution is 2.20. The number of dihydropyridines is 1. The topological polar surface area (TPSA) is 97.7 Å². The molecule has 0 radical (unpaired) electrons. The fraction of sp³-hybridized carbons (Fsp3) is 0.143. The lowest BCUT2D eigenvalue weighted by atomic mass is 10.1. The van der Waals surface area contributed by atoms with Gasteiger partial charge in [0.25, 0.3) is 5.91 Å². The van der Waals surface area contributed by atoms with Crippen LogP contribution in [0.25, 0.3) is 11.5 Å². The Kier molecular flexibility index (Phi) is 3.46. The third-order valence-corrected chi connectivity index (χ3v) is 2.91. The minimum absolute atomic E-state index is 0.157. The molecule has 2 amide bonds. The van der Waals surface area contributed by atoms with Crippen molar-refractivity contribution < 1.29 is 18.5 Å². The van der Waals surface area contributed by atoms with Gasteiger partial charge < -0.3 is 14.3 Å². The van der Waals surface area contributed by atoms with Crippen molar-refractivity contribution >= 4 is 18.0 Å². The molecule has 106 valence electrons. The summed E-state index contributed by atoms with van der Waals surface area (Å²) in [5.41, 5.74) is 0.533. The molecule has 2 aromatic heterocycles. The van der Waals surface area contributed by atoms with Gasteiger partial charge in [-0.1, -0.05) is 11.2 Å². The van der Waals surface area contributed by atoms with E-state index >= 15 is 0 Å². The van der Waals surface area contributed by atoms with Crippen LogP contribution in [0, 0.1) is 5.92 Å². The summed E-state index contributed by atoms with van der Waals surface area (Å²) < 4.78 is 10.3. The molecule has 21 heavy (non-hydrogen) atoms. The zero-order valence-corrected chi connectivity index (χ0v) is 10.9. The van der Waals surface area contributed by atoms with Gasteiger partial charge >= 0.3 is 0 Å². The number of hydrogen-bond acceptors (Lipinski definition) is 5. The zero-order chi connectivity index (χ0) is 14.7. The van der Waals surface area contributed by atoms with Crippen LogP contribution < -0.4 is 5.32 Å². The number of carbonyl (C=O) groups is 2. The molecule has 0 bridgehead atoms. The summed E-state index contributed by atoms with van der Waals surface area (Å²) in [6, 6.07) is 5.14. The molecular formula is C14H11N3O4. The average molecular weight is 285 g/mol. The van der Waals surface area contributed by atoms with Crippen LogP contribution in [-0.2, 0) is 16.1 Å². The Labute approximate surface area is 119 Å². The van der Waals surface area contributed by atoms with Crippen LogP contribution in [-0.4, -0.2) is 23.2 Å². The van der Waals surface area contributed by atoms with E-state index in [1.54, 1.807) is 24.3 Å². The Morgan fingerprint density at radius 3 is 3.05 bits per heavy atom. The first-order valence-corrected chi connectivity index (χ1v) is 6.26. The van der Waals surface area contributed by atoms with Crippen LogP contribution in [0.15, 0.2) is 50.5 Å². The largest absolute Gasteiger partial charge is 0.461 e. The van der Waals surface area contributed by atoms with Crippen molar-refractivity contribution in [2.24, 2.45) is 10.9 Å². The van der Waals surface area contributed by atoms with E-state index in [4.69, 9.17) is 8.94 Å². The van der Waals surface area contributed by atoms with Gasteiger partial charge in [-0.15, -0.1) is 0 Å². The number of nitrogens with zero attached hydrogens (tertiary/aromatic N) is 2. The smallest absolute Gasteiger partial charge is 0.262 e. The van der Waals surface area contributed by atoms with Crippen LogP contribution >= 0.6 is 0 Å². The standard InChI is InChI=1S/C14H11N3O4/c18-13-10(3-1-5-15-13)14(19)16-8-9-7-12(21-17-9)11-4-2-6-20-11/h1-7,10H,8H2,(H,16,19). The molecule has 1 N–H and O–H groups in total. The normalized spacial score (nSPS) is 17.1. The van der Waals surface area contributed by atoms with Crippen molar-refractivity contribution in [3.8, 4) is 11.5 Å². The number of aliphatic imine (C=N–C) groups is 1. The van der Waals surface area contributed by atoms with Gasteiger partial charge in [0.05, 0.1) is 12.8 Å². The summed E-state index contributed by atoms with van der Waals surface area (Å²) in [6.07, 6.45) is 5.96. The van der Waals surface area contributed by atoms with Crippen molar-refractivity contribution in [3.63, 3.8) is 0 Å². The van der Waals surface area contributed by atoms with E-state index in [0.717, 1.165) is 0 Å². The van der Waals surface area contributed by atoms with Gasteiger partial charge in [-0.2, -0.15) is 0 Å². The zero-order valence-electron chi connectivity index (χ0n) is 10.9. The molecule has 0 aliphatic carbocycles. The minimum Gasteiger partial charge on any atom is -0.461 e. The summed E-state index contributed by atoms with van der Waals surface area (Å²) in [5, 5.41) is 6.45. The third-order valence-electron chi connectivity index (χ3n) is 2.91. The minimum atomic E-state index is -0.883. The van der Waals surface area contributed by atoms with Crippen molar-refractivity contribution in [2.45, 2.75) is 6.54 Å². The second-order valence-corrected chi connectivity index (χ2v) is 4.36. The average Bonchev–Trinajstić information content (AvgIpc) is 3.16. The second kappa shape index (κ2) is 5.58. The Morgan fingerprint density at radius 1 is 1.38 bits per heavy atom.